The van der Waals surface area contributed by atoms with Crippen molar-refractivity contribution in [1.82, 2.24) is 10.6 Å². The summed E-state index contributed by atoms with van der Waals surface area (Å²) in [6.07, 6.45) is 5.91. The van der Waals surface area contributed by atoms with E-state index >= 15 is 0 Å². The molecule has 2 amide bonds. The number of nitrogens with one attached hydrogen (secondary N) is 2. The molecule has 0 aromatic carbocycles. The van der Waals surface area contributed by atoms with Crippen LogP contribution in [-0.4, -0.2) is 29.7 Å². The largest absolute Gasteiger partial charge is 0.480 e. The molecule has 0 aliphatic rings. The predicted octanol–water partition coefficient (Wildman–Crippen LogP) is 1.20. The van der Waals surface area contributed by atoms with Crippen LogP contribution in [0.4, 0.5) is 4.79 Å². The normalized spacial score (nSPS) is 12.4. The molecule has 0 aliphatic heterocycles. The van der Waals surface area contributed by atoms with Crippen LogP contribution in [0.25, 0.3) is 0 Å². The molecule has 0 aromatic rings. The van der Waals surface area contributed by atoms with Gasteiger partial charge in [0.1, 0.15) is 6.04 Å². The molecule has 0 heterocycles. The van der Waals surface area contributed by atoms with E-state index in [2.05, 4.69) is 16.6 Å². The number of amides is 2. The Labute approximate surface area is 102 Å². The molecule has 1 unspecified atom stereocenters. The molecule has 0 saturated carbocycles. The molecule has 0 rings (SSSR count). The van der Waals surface area contributed by atoms with E-state index in [0.717, 1.165) is 6.42 Å². The zero-order chi connectivity index (χ0) is 13.5. The van der Waals surface area contributed by atoms with E-state index in [9.17, 15) is 9.59 Å². The summed E-state index contributed by atoms with van der Waals surface area (Å²) >= 11 is 0. The molecular formula is C12H20N2O3. The second-order valence-corrected chi connectivity index (χ2v) is 4.64. The fraction of sp³-hybridized carbons (Fsp3) is 0.667. The molecule has 0 fully saturated rings. The minimum Gasteiger partial charge on any atom is -0.480 e. The van der Waals surface area contributed by atoms with Crippen LogP contribution in [-0.2, 0) is 4.79 Å². The van der Waals surface area contributed by atoms with Gasteiger partial charge in [0.2, 0.25) is 0 Å². The minimum absolute atomic E-state index is 0.0117. The van der Waals surface area contributed by atoms with Crippen LogP contribution < -0.4 is 10.6 Å². The Morgan fingerprint density at radius 3 is 2.47 bits per heavy atom. The van der Waals surface area contributed by atoms with E-state index in [1.807, 2.05) is 20.8 Å². The molecule has 5 heteroatoms. The van der Waals surface area contributed by atoms with E-state index in [1.165, 1.54) is 0 Å². The molecule has 0 radical (unpaired) electrons. The molecule has 0 aliphatic carbocycles. The SMILES string of the molecule is C#CCC(NC(=O)NCC(C)(C)CC)C(=O)O. The standard InChI is InChI=1S/C12H20N2O3/c1-5-7-9(10(15)16)14-11(17)13-8-12(3,4)6-2/h1,9H,6-8H2,2-4H3,(H,15,16)(H2,13,14,17). The highest BCUT2D eigenvalue weighted by Crippen LogP contribution is 2.17. The van der Waals surface area contributed by atoms with E-state index in [0.29, 0.717) is 6.54 Å². The van der Waals surface area contributed by atoms with Crippen molar-refractivity contribution in [2.75, 3.05) is 6.54 Å². The van der Waals surface area contributed by atoms with Gasteiger partial charge in [0.15, 0.2) is 0 Å². The third-order valence-corrected chi connectivity index (χ3v) is 2.61. The van der Waals surface area contributed by atoms with Crippen LogP contribution in [0.1, 0.15) is 33.6 Å². The van der Waals surface area contributed by atoms with Crippen molar-refractivity contribution in [3.63, 3.8) is 0 Å². The van der Waals surface area contributed by atoms with Crippen molar-refractivity contribution >= 4 is 12.0 Å². The zero-order valence-corrected chi connectivity index (χ0v) is 10.5. The van der Waals surface area contributed by atoms with Crippen LogP contribution in [0.3, 0.4) is 0 Å². The van der Waals surface area contributed by atoms with Crippen molar-refractivity contribution in [2.45, 2.75) is 39.7 Å². The van der Waals surface area contributed by atoms with Crippen LogP contribution >= 0.6 is 0 Å². The highest BCUT2D eigenvalue weighted by molar-refractivity contribution is 5.82. The van der Waals surface area contributed by atoms with E-state index < -0.39 is 18.0 Å². The highest BCUT2D eigenvalue weighted by atomic mass is 16.4. The van der Waals surface area contributed by atoms with Gasteiger partial charge in [0.05, 0.1) is 0 Å². The van der Waals surface area contributed by atoms with Crippen LogP contribution in [0.5, 0.6) is 0 Å². The molecule has 0 aromatic heterocycles. The highest BCUT2D eigenvalue weighted by Gasteiger charge is 2.20. The maximum atomic E-state index is 11.4. The maximum absolute atomic E-state index is 11.4. The number of rotatable bonds is 6. The van der Waals surface area contributed by atoms with Gasteiger partial charge < -0.3 is 15.7 Å². The summed E-state index contributed by atoms with van der Waals surface area (Å²) in [4.78, 5) is 22.2. The lowest BCUT2D eigenvalue weighted by Gasteiger charge is -2.23. The molecule has 1 atom stereocenters. The quantitative estimate of drug-likeness (QED) is 0.610. The molecular weight excluding hydrogens is 220 g/mol. The van der Waals surface area contributed by atoms with Crippen LogP contribution in [0.15, 0.2) is 0 Å². The lowest BCUT2D eigenvalue weighted by atomic mass is 9.90. The number of terminal acetylenes is 1. The lowest BCUT2D eigenvalue weighted by molar-refractivity contribution is -0.139. The van der Waals surface area contributed by atoms with Crippen molar-refractivity contribution in [1.29, 1.82) is 0 Å². The maximum Gasteiger partial charge on any atom is 0.327 e. The average molecular weight is 240 g/mol. The third kappa shape index (κ3) is 6.46. The van der Waals surface area contributed by atoms with Gasteiger partial charge >= 0.3 is 12.0 Å². The number of aliphatic carboxylic acids is 1. The molecule has 3 N–H and O–H groups in total. The van der Waals surface area contributed by atoms with Crippen molar-refractivity contribution < 1.29 is 14.7 Å². The van der Waals surface area contributed by atoms with Gasteiger partial charge in [-0.2, -0.15) is 0 Å². The summed E-state index contributed by atoms with van der Waals surface area (Å²) in [5, 5.41) is 13.7. The summed E-state index contributed by atoms with van der Waals surface area (Å²) < 4.78 is 0. The monoisotopic (exact) mass is 240 g/mol. The number of carboxylic acid groups (broad SMARTS) is 1. The topological polar surface area (TPSA) is 78.4 Å². The van der Waals surface area contributed by atoms with Gasteiger partial charge in [-0.15, -0.1) is 12.3 Å². The minimum atomic E-state index is -1.13. The van der Waals surface area contributed by atoms with Crippen LogP contribution in [0.2, 0.25) is 0 Å². The summed E-state index contributed by atoms with van der Waals surface area (Å²) in [5.41, 5.74) is -0.0117. The number of urea groups is 1. The first-order valence-electron chi connectivity index (χ1n) is 5.53. The molecule has 0 bridgehead atoms. The lowest BCUT2D eigenvalue weighted by Crippen LogP contribution is -2.47. The third-order valence-electron chi connectivity index (χ3n) is 2.61. The number of carboxylic acids is 1. The Balaban J connectivity index is 4.17. The first-order valence-corrected chi connectivity index (χ1v) is 5.53. The average Bonchev–Trinajstić information content (AvgIpc) is 2.26. The van der Waals surface area contributed by atoms with Crippen LogP contribution in [0, 0.1) is 17.8 Å². The fourth-order valence-electron chi connectivity index (χ4n) is 0.972. The Bertz CT molecular complexity index is 318. The Morgan fingerprint density at radius 1 is 1.47 bits per heavy atom. The van der Waals surface area contributed by atoms with E-state index in [4.69, 9.17) is 11.5 Å². The molecule has 0 spiro atoms. The Morgan fingerprint density at radius 2 is 2.06 bits per heavy atom. The number of carbonyl (C=O) groups is 2. The van der Waals surface area contributed by atoms with Gasteiger partial charge in [-0.3, -0.25) is 0 Å². The van der Waals surface area contributed by atoms with Gasteiger partial charge in [0, 0.05) is 13.0 Å². The van der Waals surface area contributed by atoms with Gasteiger partial charge in [-0.05, 0) is 11.8 Å². The second-order valence-electron chi connectivity index (χ2n) is 4.64. The van der Waals surface area contributed by atoms with Gasteiger partial charge in [-0.1, -0.05) is 20.8 Å². The van der Waals surface area contributed by atoms with Crippen molar-refractivity contribution in [2.24, 2.45) is 5.41 Å². The summed E-state index contributed by atoms with van der Waals surface area (Å²) in [6.45, 7) is 6.54. The number of hydrogen-bond donors (Lipinski definition) is 3. The van der Waals surface area contributed by atoms with E-state index in [-0.39, 0.29) is 11.8 Å². The predicted molar refractivity (Wildman–Crippen MR) is 65.5 cm³/mol. The van der Waals surface area contributed by atoms with Crippen molar-refractivity contribution in [3.05, 3.63) is 0 Å². The van der Waals surface area contributed by atoms with Gasteiger partial charge in [0.25, 0.3) is 0 Å². The zero-order valence-electron chi connectivity index (χ0n) is 10.5. The van der Waals surface area contributed by atoms with Crippen molar-refractivity contribution in [3.8, 4) is 12.3 Å². The molecule has 5 nitrogen and oxygen atoms in total. The fourth-order valence-corrected chi connectivity index (χ4v) is 0.972. The first kappa shape index (κ1) is 15.3. The number of hydrogen-bond acceptors (Lipinski definition) is 2. The summed E-state index contributed by atoms with van der Waals surface area (Å²) in [6, 6.07) is -1.54. The number of carbonyl (C=O) groups excluding carboxylic acids is 1. The van der Waals surface area contributed by atoms with Gasteiger partial charge in [-0.25, -0.2) is 9.59 Å². The summed E-state index contributed by atoms with van der Waals surface area (Å²) in [7, 11) is 0. The first-order chi connectivity index (χ1) is 7.82. The Hall–Kier alpha value is -1.70. The Kier molecular flexibility index (Phi) is 6.11. The second kappa shape index (κ2) is 6.79. The smallest absolute Gasteiger partial charge is 0.327 e. The van der Waals surface area contributed by atoms with E-state index in [1.54, 1.807) is 0 Å². The molecule has 96 valence electrons. The molecule has 0 saturated heterocycles. The summed E-state index contributed by atoms with van der Waals surface area (Å²) in [5.74, 6) is 1.08. The molecule has 17 heavy (non-hydrogen) atoms.